The van der Waals surface area contributed by atoms with Crippen LogP contribution in [0.5, 0.6) is 5.75 Å². The molecule has 0 amide bonds. The van der Waals surface area contributed by atoms with E-state index in [4.69, 9.17) is 9.73 Å². The summed E-state index contributed by atoms with van der Waals surface area (Å²) >= 11 is 1.70. The maximum atomic E-state index is 9.82. The summed E-state index contributed by atoms with van der Waals surface area (Å²) in [7, 11) is 0. The second kappa shape index (κ2) is 8.24. The number of fused-ring (bicyclic) bond motifs is 2. The van der Waals surface area contributed by atoms with Gasteiger partial charge in [0, 0.05) is 22.0 Å². The van der Waals surface area contributed by atoms with Crippen molar-refractivity contribution < 1.29 is 4.74 Å². The van der Waals surface area contributed by atoms with Gasteiger partial charge in [0.2, 0.25) is 0 Å². The van der Waals surface area contributed by atoms with Crippen LogP contribution in [0.3, 0.4) is 0 Å². The van der Waals surface area contributed by atoms with Gasteiger partial charge in [-0.25, -0.2) is 4.99 Å². The Bertz CT molecular complexity index is 1140. The predicted octanol–water partition coefficient (Wildman–Crippen LogP) is 7.07. The van der Waals surface area contributed by atoms with Gasteiger partial charge in [-0.15, -0.1) is 11.3 Å². The minimum Gasteiger partial charge on any atom is -0.493 e. The average molecular weight is 417 g/mol. The number of benzene rings is 2. The Morgan fingerprint density at radius 3 is 2.67 bits per heavy atom. The van der Waals surface area contributed by atoms with E-state index in [1.807, 2.05) is 37.4 Å². The molecule has 0 unspecified atom stereocenters. The van der Waals surface area contributed by atoms with E-state index in [9.17, 15) is 5.26 Å². The van der Waals surface area contributed by atoms with Crippen molar-refractivity contribution >= 4 is 33.3 Å². The molecule has 1 aromatic heterocycles. The maximum absolute atomic E-state index is 9.82. The van der Waals surface area contributed by atoms with E-state index in [-0.39, 0.29) is 0 Å². The molecule has 1 heterocycles. The minimum absolute atomic E-state index is 0.291. The van der Waals surface area contributed by atoms with Gasteiger partial charge in [-0.05, 0) is 60.6 Å². The van der Waals surface area contributed by atoms with E-state index < -0.39 is 0 Å². The van der Waals surface area contributed by atoms with Gasteiger partial charge in [0.25, 0.3) is 0 Å². The van der Waals surface area contributed by atoms with Gasteiger partial charge in [0.15, 0.2) is 0 Å². The van der Waals surface area contributed by atoms with Crippen molar-refractivity contribution in [1.82, 2.24) is 0 Å². The second-order valence-electron chi connectivity index (χ2n) is 8.99. The standard InChI is InChI=1S/C26H28N2OS/c1-5-29-23-13-10-17(19-8-6-7-9-20(19)23)16-28-25-22(15-27)21-12-11-18(26(2,3)4)14-24(21)30-25/h6-10,13,16,18H,5,11-12,14H2,1-4H3/t18-/m0/s1. The number of thiophene rings is 1. The molecule has 0 saturated carbocycles. The lowest BCUT2D eigenvalue weighted by atomic mass is 9.72. The number of nitrogens with zero attached hydrogens (tertiary/aromatic N) is 2. The molecule has 0 N–H and O–H groups in total. The summed E-state index contributed by atoms with van der Waals surface area (Å²) in [5, 5.41) is 12.9. The molecule has 154 valence electrons. The highest BCUT2D eigenvalue weighted by Gasteiger charge is 2.32. The van der Waals surface area contributed by atoms with Crippen molar-refractivity contribution in [3.8, 4) is 11.8 Å². The molecule has 1 aliphatic carbocycles. The maximum Gasteiger partial charge on any atom is 0.134 e. The third kappa shape index (κ3) is 3.87. The zero-order chi connectivity index (χ0) is 21.3. The van der Waals surface area contributed by atoms with Crippen molar-refractivity contribution in [1.29, 1.82) is 5.26 Å². The van der Waals surface area contributed by atoms with Crippen molar-refractivity contribution in [3.05, 3.63) is 58.0 Å². The molecule has 2 aromatic carbocycles. The second-order valence-corrected chi connectivity index (χ2v) is 10.1. The summed E-state index contributed by atoms with van der Waals surface area (Å²) in [6.07, 6.45) is 5.09. The van der Waals surface area contributed by atoms with Gasteiger partial charge < -0.3 is 4.74 Å². The van der Waals surface area contributed by atoms with Gasteiger partial charge >= 0.3 is 0 Å². The summed E-state index contributed by atoms with van der Waals surface area (Å²) in [6.45, 7) is 9.59. The first-order chi connectivity index (χ1) is 14.4. The molecule has 4 heteroatoms. The molecule has 3 aromatic rings. The van der Waals surface area contributed by atoms with Gasteiger partial charge in [-0.2, -0.15) is 5.26 Å². The first-order valence-electron chi connectivity index (χ1n) is 10.7. The van der Waals surface area contributed by atoms with Crippen LogP contribution in [0.1, 0.15) is 55.7 Å². The largest absolute Gasteiger partial charge is 0.493 e. The van der Waals surface area contributed by atoms with Crippen LogP contribution in [-0.2, 0) is 12.8 Å². The fraction of sp³-hybridized carbons (Fsp3) is 0.385. The van der Waals surface area contributed by atoms with Crippen molar-refractivity contribution in [2.45, 2.75) is 47.0 Å². The lowest BCUT2D eigenvalue weighted by molar-refractivity contribution is 0.218. The van der Waals surface area contributed by atoms with E-state index >= 15 is 0 Å². The van der Waals surface area contributed by atoms with Crippen LogP contribution in [-0.4, -0.2) is 12.8 Å². The van der Waals surface area contributed by atoms with E-state index in [2.05, 4.69) is 39.0 Å². The zero-order valence-electron chi connectivity index (χ0n) is 18.2. The van der Waals surface area contributed by atoms with Gasteiger partial charge in [-0.1, -0.05) is 45.0 Å². The quantitative estimate of drug-likeness (QED) is 0.427. The van der Waals surface area contributed by atoms with Crippen LogP contribution in [0.25, 0.3) is 10.8 Å². The number of rotatable bonds is 4. The van der Waals surface area contributed by atoms with E-state index in [0.717, 1.165) is 51.9 Å². The van der Waals surface area contributed by atoms with E-state index in [1.165, 1.54) is 10.4 Å². The van der Waals surface area contributed by atoms with Crippen LogP contribution in [0.15, 0.2) is 41.4 Å². The molecule has 0 saturated heterocycles. The first kappa shape index (κ1) is 20.6. The van der Waals surface area contributed by atoms with Crippen LogP contribution >= 0.6 is 11.3 Å². The highest BCUT2D eigenvalue weighted by Crippen LogP contribution is 2.45. The molecule has 4 rings (SSSR count). The Hall–Kier alpha value is -2.64. The average Bonchev–Trinajstić information content (AvgIpc) is 3.09. The number of hydrogen-bond acceptors (Lipinski definition) is 4. The summed E-state index contributed by atoms with van der Waals surface area (Å²) in [5.74, 6) is 1.55. The van der Waals surface area contributed by atoms with Crippen LogP contribution in [0.4, 0.5) is 5.00 Å². The minimum atomic E-state index is 0.291. The molecule has 0 spiro atoms. The highest BCUT2D eigenvalue weighted by molar-refractivity contribution is 7.16. The summed E-state index contributed by atoms with van der Waals surface area (Å²) in [5.41, 5.74) is 3.33. The summed E-state index contributed by atoms with van der Waals surface area (Å²) < 4.78 is 5.78. The summed E-state index contributed by atoms with van der Waals surface area (Å²) in [4.78, 5) is 6.14. The molecular weight excluding hydrogens is 388 g/mol. The predicted molar refractivity (Wildman–Crippen MR) is 126 cm³/mol. The van der Waals surface area contributed by atoms with Crippen LogP contribution in [0.2, 0.25) is 0 Å². The monoisotopic (exact) mass is 416 g/mol. The number of aliphatic imine (C=N–C) groups is 1. The number of nitriles is 1. The van der Waals surface area contributed by atoms with Gasteiger partial charge in [0.1, 0.15) is 16.8 Å². The first-order valence-corrected chi connectivity index (χ1v) is 11.5. The molecule has 0 aliphatic heterocycles. The van der Waals surface area contributed by atoms with Crippen molar-refractivity contribution in [3.63, 3.8) is 0 Å². The van der Waals surface area contributed by atoms with Gasteiger partial charge in [0.05, 0.1) is 12.2 Å². The Morgan fingerprint density at radius 1 is 1.20 bits per heavy atom. The molecular formula is C26H28N2OS. The molecule has 0 radical (unpaired) electrons. The van der Waals surface area contributed by atoms with E-state index in [0.29, 0.717) is 17.9 Å². The smallest absolute Gasteiger partial charge is 0.134 e. The molecule has 30 heavy (non-hydrogen) atoms. The number of hydrogen-bond donors (Lipinski definition) is 0. The molecule has 0 fully saturated rings. The normalized spacial score (nSPS) is 16.6. The zero-order valence-corrected chi connectivity index (χ0v) is 19.0. The SMILES string of the molecule is CCOc1ccc(C=Nc2sc3c(c2C#N)CC[C@H](C(C)(C)C)C3)c2ccccc12. The van der Waals surface area contributed by atoms with Crippen LogP contribution < -0.4 is 4.74 Å². The highest BCUT2D eigenvalue weighted by atomic mass is 32.1. The molecule has 0 bridgehead atoms. The Kier molecular flexibility index (Phi) is 5.66. The summed E-state index contributed by atoms with van der Waals surface area (Å²) in [6, 6.07) is 14.7. The number of ether oxygens (including phenoxy) is 1. The van der Waals surface area contributed by atoms with Crippen molar-refractivity contribution in [2.75, 3.05) is 6.61 Å². The van der Waals surface area contributed by atoms with Gasteiger partial charge in [-0.3, -0.25) is 0 Å². The molecule has 3 nitrogen and oxygen atoms in total. The Balaban J connectivity index is 1.70. The Morgan fingerprint density at radius 2 is 1.97 bits per heavy atom. The van der Waals surface area contributed by atoms with E-state index in [1.54, 1.807) is 11.3 Å². The van der Waals surface area contributed by atoms with Crippen LogP contribution in [0, 0.1) is 22.7 Å². The third-order valence-electron chi connectivity index (χ3n) is 6.12. The van der Waals surface area contributed by atoms with Crippen molar-refractivity contribution in [2.24, 2.45) is 16.3 Å². The third-order valence-corrected chi connectivity index (χ3v) is 7.28. The molecule has 1 atom stereocenters. The fourth-order valence-electron chi connectivity index (χ4n) is 4.33. The molecule has 1 aliphatic rings. The fourth-order valence-corrected chi connectivity index (χ4v) is 5.56. The lowest BCUT2D eigenvalue weighted by Gasteiger charge is -2.33. The topological polar surface area (TPSA) is 45.4 Å². The Labute approximate surface area is 183 Å². The lowest BCUT2D eigenvalue weighted by Crippen LogP contribution is -2.26.